The van der Waals surface area contributed by atoms with E-state index in [4.69, 9.17) is 0 Å². The van der Waals surface area contributed by atoms with Gasteiger partial charge >= 0.3 is 0 Å². The second-order valence-corrected chi connectivity index (χ2v) is 10.0. The summed E-state index contributed by atoms with van der Waals surface area (Å²) >= 11 is 0. The fourth-order valence-electron chi connectivity index (χ4n) is 6.28. The Labute approximate surface area is 227 Å². The summed E-state index contributed by atoms with van der Waals surface area (Å²) in [7, 11) is 0. The standard InChI is InChI=1S/C38H24N/c1-2-12-26(13-3-1)37-31-16-4-6-18-33(31)38(34-19-7-5-17-32(34)37)27-22-24-28(25-23-27)39-35-20-10-8-14-29(35)30-15-9-11-21-36(30)39/h2-25H. The lowest BCUT2D eigenvalue weighted by Gasteiger charge is -2.18. The number of para-hydroxylation sites is 2. The average Bonchev–Trinajstić information content (AvgIpc) is 3.35. The summed E-state index contributed by atoms with van der Waals surface area (Å²) in [5.74, 6) is 0. The van der Waals surface area contributed by atoms with Gasteiger partial charge < -0.3 is 4.57 Å². The second kappa shape index (κ2) is 8.72. The fraction of sp³-hybridized carbons (Fsp3) is 0. The molecular weight excluding hydrogens is 470 g/mol. The monoisotopic (exact) mass is 494 g/mol. The number of benzene rings is 7. The summed E-state index contributed by atoms with van der Waals surface area (Å²) in [5.41, 5.74) is 8.62. The molecule has 0 spiro atoms. The van der Waals surface area contributed by atoms with Crippen LogP contribution in [0.3, 0.4) is 0 Å². The molecule has 0 atom stereocenters. The normalized spacial score (nSPS) is 11.6. The van der Waals surface area contributed by atoms with E-state index in [1.54, 1.807) is 0 Å². The van der Waals surface area contributed by atoms with Crippen LogP contribution in [0.1, 0.15) is 0 Å². The van der Waals surface area contributed by atoms with E-state index in [2.05, 4.69) is 144 Å². The van der Waals surface area contributed by atoms with E-state index in [0.717, 1.165) is 0 Å². The first-order valence-electron chi connectivity index (χ1n) is 13.4. The van der Waals surface area contributed by atoms with Crippen molar-refractivity contribution in [1.82, 2.24) is 4.57 Å². The van der Waals surface area contributed by atoms with Gasteiger partial charge in [0, 0.05) is 16.5 Å². The molecule has 1 nitrogen and oxygen atoms in total. The van der Waals surface area contributed by atoms with E-state index in [1.807, 2.05) is 12.1 Å². The third-order valence-corrected chi connectivity index (χ3v) is 7.93. The number of fused-ring (bicyclic) bond motifs is 5. The number of hydrogen-bond acceptors (Lipinski definition) is 0. The summed E-state index contributed by atoms with van der Waals surface area (Å²) in [6, 6.07) is 55.5. The minimum atomic E-state index is 1.17. The van der Waals surface area contributed by atoms with Crippen LogP contribution in [0.2, 0.25) is 0 Å². The largest absolute Gasteiger partial charge is 0.309 e. The third-order valence-electron chi connectivity index (χ3n) is 7.93. The highest BCUT2D eigenvalue weighted by molar-refractivity contribution is 6.21. The van der Waals surface area contributed by atoms with Crippen molar-refractivity contribution in [1.29, 1.82) is 0 Å². The van der Waals surface area contributed by atoms with Crippen molar-refractivity contribution in [2.45, 2.75) is 0 Å². The number of aromatic nitrogens is 1. The van der Waals surface area contributed by atoms with Crippen LogP contribution < -0.4 is 0 Å². The molecule has 0 aliphatic heterocycles. The van der Waals surface area contributed by atoms with Gasteiger partial charge in [-0.2, -0.15) is 0 Å². The van der Waals surface area contributed by atoms with Gasteiger partial charge in [0.2, 0.25) is 0 Å². The van der Waals surface area contributed by atoms with Gasteiger partial charge in [-0.3, -0.25) is 0 Å². The molecular formula is C38H24N. The molecule has 0 bridgehead atoms. The molecule has 1 heterocycles. The van der Waals surface area contributed by atoms with Crippen LogP contribution >= 0.6 is 0 Å². The molecule has 0 saturated carbocycles. The molecule has 1 aromatic heterocycles. The zero-order valence-electron chi connectivity index (χ0n) is 21.3. The van der Waals surface area contributed by atoms with E-state index in [1.165, 1.54) is 71.3 Å². The van der Waals surface area contributed by atoms with E-state index < -0.39 is 0 Å². The summed E-state index contributed by atoms with van der Waals surface area (Å²) in [6.07, 6.45) is 0. The molecule has 7 aromatic carbocycles. The molecule has 0 saturated heterocycles. The Bertz CT molecular complexity index is 2040. The van der Waals surface area contributed by atoms with Gasteiger partial charge in [-0.05, 0) is 74.1 Å². The lowest BCUT2D eigenvalue weighted by Crippen LogP contribution is -1.94. The van der Waals surface area contributed by atoms with E-state index >= 15 is 0 Å². The molecule has 0 aliphatic carbocycles. The lowest BCUT2D eigenvalue weighted by molar-refractivity contribution is 1.18. The first-order valence-corrected chi connectivity index (χ1v) is 13.4. The van der Waals surface area contributed by atoms with Crippen LogP contribution in [0.5, 0.6) is 0 Å². The molecule has 0 fully saturated rings. The fourth-order valence-corrected chi connectivity index (χ4v) is 6.28. The molecule has 8 aromatic rings. The van der Waals surface area contributed by atoms with Crippen LogP contribution in [-0.2, 0) is 0 Å². The van der Waals surface area contributed by atoms with Gasteiger partial charge in [0.1, 0.15) is 0 Å². The molecule has 1 radical (unpaired) electrons. The van der Waals surface area contributed by atoms with Crippen molar-refractivity contribution in [3.8, 4) is 27.9 Å². The lowest BCUT2D eigenvalue weighted by atomic mass is 9.86. The topological polar surface area (TPSA) is 4.93 Å². The van der Waals surface area contributed by atoms with Crippen LogP contribution in [-0.4, -0.2) is 4.57 Å². The van der Waals surface area contributed by atoms with Gasteiger partial charge in [-0.15, -0.1) is 0 Å². The summed E-state index contributed by atoms with van der Waals surface area (Å²) in [6.45, 7) is 0. The number of nitrogens with zero attached hydrogens (tertiary/aromatic N) is 1. The van der Waals surface area contributed by atoms with Crippen LogP contribution in [0.25, 0.3) is 71.3 Å². The van der Waals surface area contributed by atoms with E-state index in [0.29, 0.717) is 0 Å². The SMILES string of the molecule is [c]1ccc(-c2c3ccccc3c(-c3ccc(-n4c5ccccc5c5ccccc54)cc3)c3ccccc23)cc1. The Balaban J connectivity index is 1.38. The molecule has 0 unspecified atom stereocenters. The minimum absolute atomic E-state index is 1.17. The first kappa shape index (κ1) is 21.9. The maximum atomic E-state index is 3.17. The van der Waals surface area contributed by atoms with Gasteiger partial charge in [-0.1, -0.05) is 121 Å². The van der Waals surface area contributed by atoms with Crippen LogP contribution in [0, 0.1) is 6.07 Å². The summed E-state index contributed by atoms with van der Waals surface area (Å²) in [5, 5.41) is 7.63. The molecule has 0 amide bonds. The Kier molecular flexibility index (Phi) is 4.89. The predicted molar refractivity (Wildman–Crippen MR) is 166 cm³/mol. The van der Waals surface area contributed by atoms with Gasteiger partial charge in [-0.25, -0.2) is 0 Å². The zero-order chi connectivity index (χ0) is 25.8. The smallest absolute Gasteiger partial charge is 0.0541 e. The molecule has 181 valence electrons. The van der Waals surface area contributed by atoms with Gasteiger partial charge in [0.15, 0.2) is 0 Å². The van der Waals surface area contributed by atoms with Crippen molar-refractivity contribution in [3.05, 3.63) is 152 Å². The Morgan fingerprint density at radius 1 is 0.359 bits per heavy atom. The predicted octanol–water partition coefficient (Wildman–Crippen LogP) is 10.2. The Morgan fingerprint density at radius 3 is 1.21 bits per heavy atom. The highest BCUT2D eigenvalue weighted by Crippen LogP contribution is 2.43. The average molecular weight is 495 g/mol. The van der Waals surface area contributed by atoms with Crippen LogP contribution in [0.4, 0.5) is 0 Å². The molecule has 0 N–H and O–H groups in total. The van der Waals surface area contributed by atoms with Gasteiger partial charge in [0.05, 0.1) is 11.0 Å². The van der Waals surface area contributed by atoms with Crippen molar-refractivity contribution in [2.75, 3.05) is 0 Å². The number of hydrogen-bond donors (Lipinski definition) is 0. The molecule has 0 aliphatic rings. The quantitative estimate of drug-likeness (QED) is 0.215. The van der Waals surface area contributed by atoms with Gasteiger partial charge in [0.25, 0.3) is 0 Å². The molecule has 39 heavy (non-hydrogen) atoms. The van der Waals surface area contributed by atoms with Crippen molar-refractivity contribution in [3.63, 3.8) is 0 Å². The van der Waals surface area contributed by atoms with Crippen LogP contribution in [0.15, 0.2) is 146 Å². The second-order valence-electron chi connectivity index (χ2n) is 10.0. The Morgan fingerprint density at radius 2 is 0.744 bits per heavy atom. The van der Waals surface area contributed by atoms with E-state index in [-0.39, 0.29) is 0 Å². The third kappa shape index (κ3) is 3.34. The molecule has 8 rings (SSSR count). The maximum absolute atomic E-state index is 3.17. The van der Waals surface area contributed by atoms with Crippen molar-refractivity contribution < 1.29 is 0 Å². The Hall–Kier alpha value is -5.14. The summed E-state index contributed by atoms with van der Waals surface area (Å²) in [4.78, 5) is 0. The van der Waals surface area contributed by atoms with Crippen molar-refractivity contribution in [2.24, 2.45) is 0 Å². The van der Waals surface area contributed by atoms with E-state index in [9.17, 15) is 0 Å². The highest BCUT2D eigenvalue weighted by Gasteiger charge is 2.17. The first-order chi connectivity index (χ1) is 19.4. The number of rotatable bonds is 3. The molecule has 1 heteroatoms. The highest BCUT2D eigenvalue weighted by atomic mass is 15.0. The maximum Gasteiger partial charge on any atom is 0.0541 e. The minimum Gasteiger partial charge on any atom is -0.309 e. The van der Waals surface area contributed by atoms with Crippen molar-refractivity contribution >= 4 is 43.4 Å². The zero-order valence-corrected chi connectivity index (χ0v) is 21.3. The summed E-state index contributed by atoms with van der Waals surface area (Å²) < 4.78 is 2.38.